The van der Waals surface area contributed by atoms with Crippen molar-refractivity contribution >= 4 is 17.9 Å². The third-order valence-corrected chi connectivity index (χ3v) is 7.36. The van der Waals surface area contributed by atoms with Crippen LogP contribution in [0.4, 0.5) is 0 Å². The molecule has 1 N–H and O–H groups in total. The summed E-state index contributed by atoms with van der Waals surface area (Å²) in [4.78, 5) is 41.5. The van der Waals surface area contributed by atoms with Gasteiger partial charge < -0.3 is 29.2 Å². The molecule has 0 aliphatic carbocycles. The maximum Gasteiger partial charge on any atom is 0.250 e. The van der Waals surface area contributed by atoms with Crippen LogP contribution in [0, 0.1) is 5.92 Å². The zero-order valence-corrected chi connectivity index (χ0v) is 20.7. The molecule has 1 saturated heterocycles. The quantitative estimate of drug-likeness (QED) is 0.629. The first-order chi connectivity index (χ1) is 17.4. The van der Waals surface area contributed by atoms with Gasteiger partial charge in [-0.05, 0) is 47.7 Å². The van der Waals surface area contributed by atoms with Crippen LogP contribution < -0.4 is 20.3 Å². The van der Waals surface area contributed by atoms with Crippen LogP contribution in [0.1, 0.15) is 29.2 Å². The molecule has 9 nitrogen and oxygen atoms in total. The van der Waals surface area contributed by atoms with Crippen molar-refractivity contribution in [1.29, 1.82) is 0 Å². The number of piperidine rings is 1. The molecule has 4 heterocycles. The van der Waals surface area contributed by atoms with Gasteiger partial charge in [0, 0.05) is 56.6 Å². The fourth-order valence-corrected chi connectivity index (χ4v) is 5.65. The van der Waals surface area contributed by atoms with Crippen molar-refractivity contribution in [2.75, 3.05) is 46.9 Å². The number of benzene rings is 1. The van der Waals surface area contributed by atoms with Crippen molar-refractivity contribution in [2.24, 2.45) is 5.92 Å². The van der Waals surface area contributed by atoms with Gasteiger partial charge in [-0.1, -0.05) is 6.07 Å². The standard InChI is InChI=1S/C27H32N4O5/c1-35-23-11-19-6-8-30(27(34)13-20(19)12-24(23)36-2)17-25(32)28-7-9-29-14-18-10-21(16-29)22-4-3-5-26(33)31(22)15-18/h3-6,8,11-12,18,21H,7,9-10,13-17H2,1-2H3,(H,28,32). The van der Waals surface area contributed by atoms with Gasteiger partial charge in [0.15, 0.2) is 11.5 Å². The molecule has 0 saturated carbocycles. The molecule has 190 valence electrons. The van der Waals surface area contributed by atoms with Crippen molar-refractivity contribution in [1.82, 2.24) is 19.7 Å². The lowest BCUT2D eigenvalue weighted by Gasteiger charge is -2.42. The normalized spacial score (nSPS) is 20.8. The van der Waals surface area contributed by atoms with Crippen LogP contribution in [-0.4, -0.2) is 73.1 Å². The smallest absolute Gasteiger partial charge is 0.250 e. The fourth-order valence-electron chi connectivity index (χ4n) is 5.65. The van der Waals surface area contributed by atoms with Gasteiger partial charge in [-0.3, -0.25) is 14.4 Å². The van der Waals surface area contributed by atoms with Gasteiger partial charge in [0.2, 0.25) is 11.8 Å². The van der Waals surface area contributed by atoms with Crippen LogP contribution in [0.5, 0.6) is 11.5 Å². The molecule has 0 spiro atoms. The van der Waals surface area contributed by atoms with Gasteiger partial charge in [-0.2, -0.15) is 0 Å². The van der Waals surface area contributed by atoms with E-state index >= 15 is 0 Å². The third-order valence-electron chi connectivity index (χ3n) is 7.36. The minimum atomic E-state index is -0.191. The van der Waals surface area contributed by atoms with E-state index in [9.17, 15) is 14.4 Å². The molecule has 2 amide bonds. The lowest BCUT2D eigenvalue weighted by molar-refractivity contribution is -0.132. The number of fused-ring (bicyclic) bond motifs is 5. The molecule has 2 bridgehead atoms. The Balaban J connectivity index is 1.14. The highest BCUT2D eigenvalue weighted by atomic mass is 16.5. The molecule has 1 aromatic carbocycles. The van der Waals surface area contributed by atoms with Gasteiger partial charge >= 0.3 is 0 Å². The summed E-state index contributed by atoms with van der Waals surface area (Å²) in [6, 6.07) is 9.18. The number of carbonyl (C=O) groups is 2. The van der Waals surface area contributed by atoms with E-state index in [4.69, 9.17) is 9.47 Å². The number of likely N-dealkylation sites (tertiary alicyclic amines) is 1. The maximum atomic E-state index is 12.8. The number of amides is 2. The van der Waals surface area contributed by atoms with Crippen molar-refractivity contribution < 1.29 is 19.1 Å². The number of nitrogens with zero attached hydrogens (tertiary/aromatic N) is 3. The van der Waals surface area contributed by atoms with Gasteiger partial charge in [0.05, 0.1) is 20.6 Å². The molecular weight excluding hydrogens is 460 g/mol. The van der Waals surface area contributed by atoms with E-state index in [-0.39, 0.29) is 30.3 Å². The van der Waals surface area contributed by atoms with E-state index in [2.05, 4.69) is 16.3 Å². The van der Waals surface area contributed by atoms with E-state index in [0.717, 1.165) is 49.4 Å². The summed E-state index contributed by atoms with van der Waals surface area (Å²) in [5.41, 5.74) is 2.90. The Morgan fingerprint density at radius 2 is 1.89 bits per heavy atom. The Morgan fingerprint density at radius 1 is 1.08 bits per heavy atom. The molecule has 2 aromatic rings. The van der Waals surface area contributed by atoms with Crippen molar-refractivity contribution in [3.05, 3.63) is 63.7 Å². The Kier molecular flexibility index (Phi) is 6.82. The molecule has 9 heteroatoms. The number of aromatic nitrogens is 1. The first-order valence-corrected chi connectivity index (χ1v) is 12.4. The topological polar surface area (TPSA) is 93.1 Å². The number of carbonyl (C=O) groups excluding carboxylic acids is 2. The molecule has 2 unspecified atom stereocenters. The van der Waals surface area contributed by atoms with Gasteiger partial charge in [0.25, 0.3) is 5.56 Å². The highest BCUT2D eigenvalue weighted by molar-refractivity contribution is 5.89. The summed E-state index contributed by atoms with van der Waals surface area (Å²) in [6.07, 6.45) is 4.77. The maximum absolute atomic E-state index is 12.8. The van der Waals surface area contributed by atoms with E-state index in [1.165, 1.54) is 4.90 Å². The second-order valence-corrected chi connectivity index (χ2v) is 9.73. The predicted octanol–water partition coefficient (Wildman–Crippen LogP) is 1.46. The van der Waals surface area contributed by atoms with E-state index in [1.54, 1.807) is 26.5 Å². The number of methoxy groups -OCH3 is 2. The SMILES string of the molecule is COc1cc2c(cc1OC)CC(=O)N(CC(=O)NCCN1CC3CC(C1)c1cccc(=O)n1C3)C=C2. The Morgan fingerprint density at radius 3 is 2.69 bits per heavy atom. The van der Waals surface area contributed by atoms with Crippen LogP contribution in [0.2, 0.25) is 0 Å². The minimum absolute atomic E-state index is 0.0286. The molecule has 1 fully saturated rings. The summed E-state index contributed by atoms with van der Waals surface area (Å²) in [6.45, 7) is 3.79. The third kappa shape index (κ3) is 4.88. The number of hydrogen-bond donors (Lipinski definition) is 1. The molecular formula is C27H32N4O5. The number of ether oxygens (including phenoxy) is 2. The Hall–Kier alpha value is -3.59. The fraction of sp³-hybridized carbons (Fsp3) is 0.444. The zero-order chi connectivity index (χ0) is 25.2. The van der Waals surface area contributed by atoms with Gasteiger partial charge in [-0.15, -0.1) is 0 Å². The summed E-state index contributed by atoms with van der Waals surface area (Å²) < 4.78 is 12.6. The molecule has 3 aliphatic rings. The lowest BCUT2D eigenvalue weighted by Crippen LogP contribution is -2.49. The summed E-state index contributed by atoms with van der Waals surface area (Å²) in [5.74, 6) is 1.62. The van der Waals surface area contributed by atoms with E-state index < -0.39 is 0 Å². The molecule has 0 radical (unpaired) electrons. The van der Waals surface area contributed by atoms with E-state index in [0.29, 0.717) is 29.9 Å². The summed E-state index contributed by atoms with van der Waals surface area (Å²) in [5, 5.41) is 2.97. The molecule has 1 aromatic heterocycles. The van der Waals surface area contributed by atoms with Crippen molar-refractivity contribution in [3.8, 4) is 11.5 Å². The molecule has 2 atom stereocenters. The highest BCUT2D eigenvalue weighted by Crippen LogP contribution is 2.35. The highest BCUT2D eigenvalue weighted by Gasteiger charge is 2.34. The lowest BCUT2D eigenvalue weighted by atomic mass is 9.83. The van der Waals surface area contributed by atoms with Crippen LogP contribution in [0.25, 0.3) is 6.08 Å². The average Bonchev–Trinajstić information content (AvgIpc) is 3.01. The number of nitrogens with one attached hydrogen (secondary N) is 1. The Bertz CT molecular complexity index is 1250. The van der Waals surface area contributed by atoms with Crippen LogP contribution in [0.15, 0.2) is 41.3 Å². The minimum Gasteiger partial charge on any atom is -0.493 e. The number of pyridine rings is 1. The van der Waals surface area contributed by atoms with Crippen molar-refractivity contribution in [3.63, 3.8) is 0 Å². The average molecular weight is 493 g/mol. The number of hydrogen-bond acceptors (Lipinski definition) is 6. The van der Waals surface area contributed by atoms with Crippen LogP contribution in [-0.2, 0) is 22.6 Å². The molecule has 5 rings (SSSR count). The monoisotopic (exact) mass is 492 g/mol. The summed E-state index contributed by atoms with van der Waals surface area (Å²) in [7, 11) is 3.13. The van der Waals surface area contributed by atoms with E-state index in [1.807, 2.05) is 28.8 Å². The zero-order valence-electron chi connectivity index (χ0n) is 20.7. The number of rotatable bonds is 7. The van der Waals surface area contributed by atoms with Crippen LogP contribution >= 0.6 is 0 Å². The first-order valence-electron chi connectivity index (χ1n) is 12.4. The van der Waals surface area contributed by atoms with Gasteiger partial charge in [-0.25, -0.2) is 0 Å². The first kappa shape index (κ1) is 24.1. The second-order valence-electron chi connectivity index (χ2n) is 9.73. The van der Waals surface area contributed by atoms with Crippen LogP contribution in [0.3, 0.4) is 0 Å². The molecule has 36 heavy (non-hydrogen) atoms. The van der Waals surface area contributed by atoms with Crippen molar-refractivity contribution in [2.45, 2.75) is 25.3 Å². The van der Waals surface area contributed by atoms with Gasteiger partial charge in [0.1, 0.15) is 6.54 Å². The predicted molar refractivity (Wildman–Crippen MR) is 135 cm³/mol. The largest absolute Gasteiger partial charge is 0.493 e. The second kappa shape index (κ2) is 10.2. The Labute approximate surface area is 210 Å². The molecule has 3 aliphatic heterocycles. The summed E-state index contributed by atoms with van der Waals surface area (Å²) >= 11 is 0.